The van der Waals surface area contributed by atoms with Gasteiger partial charge in [0, 0.05) is 125 Å². The molecule has 107 heavy (non-hydrogen) atoms. The molecule has 584 valence electrons. The Labute approximate surface area is 633 Å². The van der Waals surface area contributed by atoms with Crippen molar-refractivity contribution >= 4 is 78.0 Å². The van der Waals surface area contributed by atoms with Crippen molar-refractivity contribution in [1.82, 2.24) is 39.9 Å². The molecule has 4 heterocycles. The number of β-amino-alcohol motifs (C(OH)–C–C–N with tert-alkyl or cyclic N) is 1. The van der Waals surface area contributed by atoms with E-state index in [1.165, 1.54) is 39.9 Å². The number of thiazole rings is 1. The number of likely N-dealkylation sites (tertiary alicyclic amines) is 1. The molecule has 1 unspecified atom stereocenters. The number of benzene rings is 4. The predicted molar refractivity (Wildman–Crippen MR) is 403 cm³/mol. The molecule has 0 spiro atoms. The van der Waals surface area contributed by atoms with E-state index in [4.69, 9.17) is 9.47 Å². The summed E-state index contributed by atoms with van der Waals surface area (Å²) in [6.07, 6.45) is 1.87. The molecule has 5 aromatic rings. The summed E-state index contributed by atoms with van der Waals surface area (Å²) in [6.45, 7) is 22.1. The van der Waals surface area contributed by atoms with E-state index in [1.54, 1.807) is 29.0 Å². The number of hydrogen-bond acceptors (Lipinski definition) is 19. The molecule has 2 bridgehead atoms. The average Bonchev–Trinajstić information content (AvgIpc) is 1.05. The van der Waals surface area contributed by atoms with E-state index in [2.05, 4.69) is 54.4 Å². The van der Waals surface area contributed by atoms with Crippen molar-refractivity contribution in [2.75, 3.05) is 121 Å². The van der Waals surface area contributed by atoms with Crippen LogP contribution in [0.1, 0.15) is 127 Å². The standard InChI is InChI=1S/C77H101F5N10O11S4/c1-51(53-13-15-54(16-14-53)67-52(2)83-50-105-67)84-70(96)64-41-59(93)45-92(64)71(97)68(73(3,4)5)86-66(94)25-37-102-39-40-103-38-36-89-30-28-88(29-31-89)27-24-57(46-104-60-11-9-8-10-12-60)85-63-22-21-61(42-65(63)106(98,99)77(80,81)82)107(100,101)87-69(95)55-17-19-58(20-18-55)91-34-32-90(33-35-91)44-56-23-26-74(6,7)43-62(56)75-47-76(48-75,49-75)72(78)79/h8-22,42,50-51,57,59,64,68,72,85,93H,23-41,43-49H2,1-7H3,(H,84,96)(H,86,94)(H,87,95)/t51-,57+,59+,64-,68?,75?,76?/m0/s1. The normalized spacial score (nSPS) is 22.6. The second kappa shape index (κ2) is 33.9. The molecule has 5 N–H and O–H groups in total. The largest absolute Gasteiger partial charge is 0.501 e. The van der Waals surface area contributed by atoms with Crippen LogP contribution in [-0.2, 0) is 43.7 Å². The number of rotatable bonds is 32. The number of alkyl halides is 5. The quantitative estimate of drug-likeness (QED) is 0.0116. The Hall–Kier alpha value is -6.61. The van der Waals surface area contributed by atoms with Gasteiger partial charge in [-0.1, -0.05) is 88.2 Å². The van der Waals surface area contributed by atoms with Crippen molar-refractivity contribution < 1.29 is 72.5 Å². The van der Waals surface area contributed by atoms with Crippen LogP contribution in [0.4, 0.5) is 33.3 Å². The molecule has 3 saturated carbocycles. The number of halogens is 5. The molecular formula is C77H101F5N10O11S4. The van der Waals surface area contributed by atoms with Crippen molar-refractivity contribution in [3.8, 4) is 10.4 Å². The lowest BCUT2D eigenvalue weighted by Gasteiger charge is -2.72. The second-order valence-corrected chi connectivity index (χ2v) is 37.1. The molecule has 5 atom stereocenters. The molecule has 7 aliphatic rings. The van der Waals surface area contributed by atoms with Crippen molar-refractivity contribution in [2.45, 2.75) is 163 Å². The minimum Gasteiger partial charge on any atom is -0.391 e. The Kier molecular flexibility index (Phi) is 25.8. The van der Waals surface area contributed by atoms with Crippen molar-refractivity contribution in [1.29, 1.82) is 0 Å². The van der Waals surface area contributed by atoms with E-state index in [0.717, 1.165) is 83.3 Å². The fraction of sp³-hybridized carbons (Fsp3) is 0.571. The summed E-state index contributed by atoms with van der Waals surface area (Å²) in [5, 5.41) is 19.6. The number of aliphatic hydroxyl groups is 1. The van der Waals surface area contributed by atoms with Gasteiger partial charge < -0.3 is 45.2 Å². The molecule has 21 nitrogen and oxygen atoms in total. The summed E-state index contributed by atoms with van der Waals surface area (Å²) in [4.78, 5) is 69.3. The number of aliphatic hydroxyl groups excluding tert-OH is 1. The molecule has 4 aliphatic carbocycles. The van der Waals surface area contributed by atoms with Gasteiger partial charge in [0.05, 0.1) is 65.2 Å². The SMILES string of the molecule is Cc1ncsc1-c1ccc([C@H](C)NC(=O)[C@@H]2C[C@@H](O)CN2C(=O)C(NC(=O)CCOCCOCCN2CCN(CC[C@H](CSc3ccccc3)Nc3ccc(S(=O)(=O)NC(=O)c4ccc(N5CCN(CC6=C(C78CC(C(F)F)(C7)C8)CC(C)(C)CC6)CC5)cc4)cc3S(=O)(=O)C(F)(F)F)CC2)C(C)(C)C)cc1. The molecule has 0 radical (unpaired) electrons. The number of aromatic nitrogens is 1. The first kappa shape index (κ1) is 81.4. The highest BCUT2D eigenvalue weighted by Crippen LogP contribution is 2.79. The maximum atomic E-state index is 14.6. The maximum Gasteiger partial charge on any atom is 0.501 e. The summed E-state index contributed by atoms with van der Waals surface area (Å²) in [6, 6.07) is 22.8. The Balaban J connectivity index is 0.614. The number of aryl methyl sites for hydroxylation is 1. The van der Waals surface area contributed by atoms with Gasteiger partial charge in [-0.25, -0.2) is 35.3 Å². The van der Waals surface area contributed by atoms with Gasteiger partial charge in [0.25, 0.3) is 25.8 Å². The number of piperazine rings is 2. The first-order valence-corrected chi connectivity index (χ1v) is 41.7. The first-order valence-electron chi connectivity index (χ1n) is 36.8. The van der Waals surface area contributed by atoms with Crippen LogP contribution in [0.5, 0.6) is 0 Å². The topological polar surface area (TPSA) is 252 Å². The third-order valence-electron chi connectivity index (χ3n) is 22.0. The van der Waals surface area contributed by atoms with Crippen LogP contribution in [0.15, 0.2) is 128 Å². The number of ether oxygens (including phenoxy) is 2. The number of nitrogens with one attached hydrogen (secondary N) is 4. The monoisotopic (exact) mass is 1560 g/mol. The lowest BCUT2D eigenvalue weighted by Crippen LogP contribution is -2.66. The Morgan fingerprint density at radius 3 is 2.07 bits per heavy atom. The fourth-order valence-electron chi connectivity index (χ4n) is 15.8. The van der Waals surface area contributed by atoms with Crippen LogP contribution in [0.2, 0.25) is 0 Å². The molecule has 1 aromatic heterocycles. The second-order valence-electron chi connectivity index (χ2n) is 31.5. The van der Waals surface area contributed by atoms with Crippen molar-refractivity contribution in [2.24, 2.45) is 21.7 Å². The summed E-state index contributed by atoms with van der Waals surface area (Å²) in [5.74, 6) is -2.07. The number of carbonyl (C=O) groups is 4. The van der Waals surface area contributed by atoms with Gasteiger partial charge in [-0.15, -0.1) is 23.1 Å². The van der Waals surface area contributed by atoms with E-state index in [0.29, 0.717) is 96.5 Å². The van der Waals surface area contributed by atoms with Gasteiger partial charge in [0.2, 0.25) is 24.1 Å². The summed E-state index contributed by atoms with van der Waals surface area (Å²) >= 11 is 2.97. The number of allylic oxidation sites excluding steroid dienone is 1. The molecule has 3 aliphatic heterocycles. The van der Waals surface area contributed by atoms with Crippen LogP contribution in [0.25, 0.3) is 10.4 Å². The third-order valence-corrected chi connectivity index (χ3v) is 27.0. The Morgan fingerprint density at radius 1 is 0.794 bits per heavy atom. The molecule has 30 heteroatoms. The summed E-state index contributed by atoms with van der Waals surface area (Å²) in [5.41, 5.74) is 0.405. The molecule has 4 aromatic carbocycles. The number of amides is 4. The van der Waals surface area contributed by atoms with Crippen LogP contribution in [0.3, 0.4) is 0 Å². The van der Waals surface area contributed by atoms with Crippen LogP contribution in [0, 0.1) is 28.6 Å². The number of sulfonamides is 1. The number of carbonyl (C=O) groups excluding carboxylic acids is 4. The zero-order valence-corrected chi connectivity index (χ0v) is 65.2. The van der Waals surface area contributed by atoms with Gasteiger partial charge in [-0.05, 0) is 141 Å². The minimum atomic E-state index is -6.17. The van der Waals surface area contributed by atoms with Crippen LogP contribution >= 0.6 is 23.1 Å². The lowest BCUT2D eigenvalue weighted by molar-refractivity contribution is -0.250. The van der Waals surface area contributed by atoms with Crippen molar-refractivity contribution in [3.63, 3.8) is 0 Å². The molecular weight excluding hydrogens is 1460 g/mol. The van der Waals surface area contributed by atoms with Gasteiger partial charge in [-0.2, -0.15) is 13.2 Å². The lowest BCUT2D eigenvalue weighted by atomic mass is 9.32. The highest BCUT2D eigenvalue weighted by atomic mass is 32.2. The predicted octanol–water partition coefficient (Wildman–Crippen LogP) is 11.0. The van der Waals surface area contributed by atoms with Gasteiger partial charge in [0.15, 0.2) is 0 Å². The number of sulfone groups is 1. The van der Waals surface area contributed by atoms with Gasteiger partial charge in [-0.3, -0.25) is 29.0 Å². The fourth-order valence-corrected chi connectivity index (χ4v) is 19.6. The zero-order chi connectivity index (χ0) is 76.9. The summed E-state index contributed by atoms with van der Waals surface area (Å²) < 4.78 is 140. The Bertz CT molecular complexity index is 4190. The Morgan fingerprint density at radius 2 is 1.44 bits per heavy atom. The summed E-state index contributed by atoms with van der Waals surface area (Å²) in [7, 11) is -11.1. The highest BCUT2D eigenvalue weighted by molar-refractivity contribution is 7.99. The zero-order valence-electron chi connectivity index (χ0n) is 61.9. The highest BCUT2D eigenvalue weighted by Gasteiger charge is 2.73. The number of nitrogens with zero attached hydrogens (tertiary/aromatic N) is 6. The van der Waals surface area contributed by atoms with E-state index in [9.17, 15) is 63.1 Å². The van der Waals surface area contributed by atoms with Gasteiger partial charge >= 0.3 is 5.51 Å². The van der Waals surface area contributed by atoms with Crippen molar-refractivity contribution in [3.05, 3.63) is 131 Å². The minimum absolute atomic E-state index is 0.0407. The molecule has 4 amide bonds. The van der Waals surface area contributed by atoms with E-state index in [-0.39, 0.29) is 55.6 Å². The molecule has 3 saturated heterocycles. The number of anilines is 2. The maximum absolute atomic E-state index is 14.6. The van der Waals surface area contributed by atoms with E-state index >= 15 is 0 Å². The smallest absolute Gasteiger partial charge is 0.391 e. The molecule has 12 rings (SSSR count). The molecule has 6 fully saturated rings. The number of thioether (sulfide) groups is 1. The van der Waals surface area contributed by atoms with E-state index in [1.807, 2.05) is 93.9 Å². The van der Waals surface area contributed by atoms with Crippen LogP contribution < -0.4 is 25.6 Å². The van der Waals surface area contributed by atoms with E-state index < -0.39 is 112 Å². The third kappa shape index (κ3) is 19.8. The number of hydrogen-bond donors (Lipinski definition) is 5. The first-order chi connectivity index (χ1) is 50.6. The van der Waals surface area contributed by atoms with Crippen LogP contribution in [-0.4, -0.2) is 217 Å². The average molecular weight is 1570 g/mol. The van der Waals surface area contributed by atoms with Gasteiger partial charge in [0.1, 0.15) is 17.0 Å².